The minimum absolute atomic E-state index is 0.889. The zero-order chi connectivity index (χ0) is 16.0. The molecular formula is C16H30HgN3. The first-order valence-electron chi connectivity index (χ1n) is 7.24. The number of anilines is 1. The number of rotatable bonds is 6. The summed E-state index contributed by atoms with van der Waals surface area (Å²) in [5.74, 6) is 0. The van der Waals surface area contributed by atoms with Crippen molar-refractivity contribution >= 4 is 11.8 Å². The normalized spacial score (nSPS) is 9.20. The minimum atomic E-state index is 0.889. The van der Waals surface area contributed by atoms with Crippen molar-refractivity contribution in [2.45, 2.75) is 24.2 Å². The molecule has 111 valence electrons. The predicted molar refractivity (Wildman–Crippen MR) is 88.4 cm³/mol. The molecule has 20 heavy (non-hydrogen) atoms. The van der Waals surface area contributed by atoms with Crippen molar-refractivity contribution in [3.63, 3.8) is 0 Å². The number of nitrogens with zero attached hydrogens (tertiary/aromatic N) is 1. The second-order valence-corrected chi connectivity index (χ2v) is 6.78. The first-order chi connectivity index (χ1) is 9.69. The summed E-state index contributed by atoms with van der Waals surface area (Å²) in [5.41, 5.74) is 13.7. The monoisotopic (exact) mass is 466 g/mol. The van der Waals surface area contributed by atoms with E-state index in [4.69, 9.17) is 5.73 Å². The summed E-state index contributed by atoms with van der Waals surface area (Å²) in [4.78, 5) is 2.38. The molecule has 0 aliphatic heterocycles. The Morgan fingerprint density at radius 3 is 2.35 bits per heavy atom. The summed E-state index contributed by atoms with van der Waals surface area (Å²) in [6, 6.07) is 6.17. The van der Waals surface area contributed by atoms with Gasteiger partial charge in [0.1, 0.15) is 0 Å². The van der Waals surface area contributed by atoms with Gasteiger partial charge in [-0.25, -0.2) is 0 Å². The van der Waals surface area contributed by atoms with Crippen LogP contribution in [0, 0.1) is 0 Å². The van der Waals surface area contributed by atoms with Crippen molar-refractivity contribution in [2.24, 2.45) is 5.73 Å². The number of nitrogens with two attached hydrogens (primary N) is 2. The van der Waals surface area contributed by atoms with E-state index >= 15 is 0 Å². The largest absolute Gasteiger partial charge is 0.333 e. The van der Waals surface area contributed by atoms with Gasteiger partial charge in [0.05, 0.1) is 0 Å². The van der Waals surface area contributed by atoms with Gasteiger partial charge in [0.25, 0.3) is 0 Å². The van der Waals surface area contributed by atoms with Crippen molar-refractivity contribution in [2.75, 3.05) is 32.9 Å². The fourth-order valence-electron chi connectivity index (χ4n) is 1.72. The molecule has 4 heteroatoms. The zero-order valence-corrected chi connectivity index (χ0v) is 19.2. The van der Waals surface area contributed by atoms with Crippen LogP contribution in [-0.2, 0) is 32.5 Å². The molecule has 1 rings (SSSR count). The molecule has 0 aliphatic carbocycles. The van der Waals surface area contributed by atoms with Crippen LogP contribution in [0.4, 0.5) is 5.69 Å². The SMILES string of the molecule is C=Cc1cccc(CCN(C)C[CH2][Hg])c1N.CC.CN. The minimum Gasteiger partial charge on any atom is -0.333 e. The standard InChI is InChI=1S/C13H19N2.C2H6.CH5N.Hg/c1-4-11-7-6-8-12(13(11)14)9-10-15(3)5-2;2*1-2;/h4,6-8H,1-2,5,9-10,14H2,3H3;1-2H3;2H2,1H3;. The van der Waals surface area contributed by atoms with E-state index in [0.29, 0.717) is 0 Å². The third-order valence-electron chi connectivity index (χ3n) is 2.75. The van der Waals surface area contributed by atoms with Crippen LogP contribution >= 0.6 is 0 Å². The van der Waals surface area contributed by atoms with Crippen molar-refractivity contribution in [1.82, 2.24) is 4.90 Å². The Morgan fingerprint density at radius 1 is 1.25 bits per heavy atom. The molecule has 1 aromatic carbocycles. The fourth-order valence-corrected chi connectivity index (χ4v) is 3.82. The number of hydrogen-bond acceptors (Lipinski definition) is 3. The molecule has 0 atom stereocenters. The Balaban J connectivity index is 0. The quantitative estimate of drug-likeness (QED) is 0.502. The van der Waals surface area contributed by atoms with Crippen LogP contribution < -0.4 is 11.5 Å². The van der Waals surface area contributed by atoms with Crippen molar-refractivity contribution in [3.8, 4) is 0 Å². The average Bonchev–Trinajstić information content (AvgIpc) is 2.50. The molecular weight excluding hydrogens is 435 g/mol. The summed E-state index contributed by atoms with van der Waals surface area (Å²) in [7, 11) is 3.68. The predicted octanol–water partition coefficient (Wildman–Crippen LogP) is 2.95. The first-order valence-corrected chi connectivity index (χ1v) is 11.1. The van der Waals surface area contributed by atoms with Crippen molar-refractivity contribution in [1.29, 1.82) is 0 Å². The van der Waals surface area contributed by atoms with Crippen LogP contribution in [0.2, 0.25) is 3.93 Å². The molecule has 0 heterocycles. The Kier molecular flexibility index (Phi) is 16.4. The number of likely N-dealkylation sites (N-methyl/N-ethyl adjacent to an activating group) is 1. The van der Waals surface area contributed by atoms with Gasteiger partial charge in [-0.15, -0.1) is 0 Å². The van der Waals surface area contributed by atoms with Crippen LogP contribution in [0.15, 0.2) is 24.8 Å². The first kappa shape index (κ1) is 21.9. The number of hydrogen-bond donors (Lipinski definition) is 2. The number of para-hydroxylation sites is 1. The second-order valence-electron chi connectivity index (χ2n) is 4.03. The maximum Gasteiger partial charge on any atom is -0.0195 e. The molecule has 0 bridgehead atoms. The Labute approximate surface area is 141 Å². The van der Waals surface area contributed by atoms with Crippen LogP contribution in [0.5, 0.6) is 0 Å². The Bertz CT molecular complexity index is 354. The fraction of sp³-hybridized carbons (Fsp3) is 0.500. The van der Waals surface area contributed by atoms with Gasteiger partial charge in [-0.3, -0.25) is 0 Å². The summed E-state index contributed by atoms with van der Waals surface area (Å²) in [5, 5.41) is 0. The van der Waals surface area contributed by atoms with E-state index in [0.717, 1.165) is 50.3 Å². The molecule has 0 amide bonds. The summed E-state index contributed by atoms with van der Waals surface area (Å²) >= 11 is 0.916. The van der Waals surface area contributed by atoms with Gasteiger partial charge in [-0.1, -0.05) is 13.8 Å². The van der Waals surface area contributed by atoms with E-state index in [1.54, 1.807) is 0 Å². The zero-order valence-electron chi connectivity index (χ0n) is 13.7. The second kappa shape index (κ2) is 15.0. The van der Waals surface area contributed by atoms with E-state index in [1.165, 1.54) is 23.1 Å². The topological polar surface area (TPSA) is 55.3 Å². The maximum atomic E-state index is 6.07. The van der Waals surface area contributed by atoms with Crippen molar-refractivity contribution in [3.05, 3.63) is 35.9 Å². The Morgan fingerprint density at radius 2 is 1.85 bits per heavy atom. The number of nitrogen functional groups attached to an aromatic ring is 1. The van der Waals surface area contributed by atoms with E-state index in [1.807, 2.05) is 26.0 Å². The molecule has 1 aromatic rings. The van der Waals surface area contributed by atoms with Crippen LogP contribution in [0.3, 0.4) is 0 Å². The van der Waals surface area contributed by atoms with E-state index in [2.05, 4.69) is 36.4 Å². The summed E-state index contributed by atoms with van der Waals surface area (Å²) in [6.07, 6.45) is 2.85. The van der Waals surface area contributed by atoms with Gasteiger partial charge < -0.3 is 5.73 Å². The van der Waals surface area contributed by atoms with E-state index in [9.17, 15) is 0 Å². The molecule has 0 fully saturated rings. The molecule has 4 N–H and O–H groups in total. The van der Waals surface area contributed by atoms with Gasteiger partial charge in [0, 0.05) is 0 Å². The molecule has 0 saturated carbocycles. The molecule has 0 radical (unpaired) electrons. The van der Waals surface area contributed by atoms with Gasteiger partial charge >= 0.3 is 115 Å². The molecule has 0 unspecified atom stereocenters. The Hall–Kier alpha value is -0.385. The van der Waals surface area contributed by atoms with Gasteiger partial charge in [0.15, 0.2) is 0 Å². The van der Waals surface area contributed by atoms with Gasteiger partial charge in [-0.05, 0) is 7.05 Å². The molecule has 0 aliphatic rings. The molecule has 0 aromatic heterocycles. The molecule has 0 saturated heterocycles. The van der Waals surface area contributed by atoms with Crippen LogP contribution in [0.1, 0.15) is 25.0 Å². The molecule has 3 nitrogen and oxygen atoms in total. The van der Waals surface area contributed by atoms with E-state index in [-0.39, 0.29) is 0 Å². The average molecular weight is 465 g/mol. The third kappa shape index (κ3) is 8.72. The van der Waals surface area contributed by atoms with Gasteiger partial charge in [0.2, 0.25) is 0 Å². The number of benzene rings is 1. The smallest absolute Gasteiger partial charge is 0.0195 e. The van der Waals surface area contributed by atoms with Crippen LogP contribution in [0.25, 0.3) is 6.08 Å². The van der Waals surface area contributed by atoms with E-state index < -0.39 is 0 Å². The summed E-state index contributed by atoms with van der Waals surface area (Å²) in [6.45, 7) is 10.1. The van der Waals surface area contributed by atoms with Crippen molar-refractivity contribution < 1.29 is 26.1 Å². The third-order valence-corrected chi connectivity index (χ3v) is 3.98. The van der Waals surface area contributed by atoms with Gasteiger partial charge in [-0.2, -0.15) is 0 Å². The summed E-state index contributed by atoms with van der Waals surface area (Å²) < 4.78 is 1.39. The maximum absolute atomic E-state index is 6.07. The molecule has 0 spiro atoms. The van der Waals surface area contributed by atoms with Crippen LogP contribution in [-0.4, -0.2) is 32.1 Å².